The summed E-state index contributed by atoms with van der Waals surface area (Å²) in [6, 6.07) is -0.624. The van der Waals surface area contributed by atoms with Gasteiger partial charge in [0.2, 0.25) is 5.91 Å². The third kappa shape index (κ3) is 57.5. The largest absolute Gasteiger partial charge is 0.466 e. The Labute approximate surface area is 443 Å². The Morgan fingerprint density at radius 3 is 1.00 bits per heavy atom. The smallest absolute Gasteiger partial charge is 0.305 e. The average molecular weight is 1000 g/mol. The Morgan fingerprint density at radius 1 is 0.380 bits per heavy atom. The van der Waals surface area contributed by atoms with Crippen LogP contribution in [0.1, 0.15) is 354 Å². The van der Waals surface area contributed by atoms with Crippen LogP contribution in [-0.2, 0) is 14.3 Å². The van der Waals surface area contributed by atoms with E-state index in [1.54, 1.807) is 6.08 Å². The molecule has 0 aromatic rings. The highest BCUT2D eigenvalue weighted by molar-refractivity contribution is 5.76. The number of allylic oxidation sites excluding steroid dienone is 3. The highest BCUT2D eigenvalue weighted by Gasteiger charge is 2.18. The highest BCUT2D eigenvalue weighted by atomic mass is 16.5. The van der Waals surface area contributed by atoms with Gasteiger partial charge in [0.05, 0.1) is 25.4 Å². The molecule has 0 saturated heterocycles. The second-order valence-electron chi connectivity index (χ2n) is 22.1. The van der Waals surface area contributed by atoms with Gasteiger partial charge in [0.1, 0.15) is 0 Å². The summed E-state index contributed by atoms with van der Waals surface area (Å²) < 4.78 is 5.50. The molecule has 0 aromatic heterocycles. The van der Waals surface area contributed by atoms with E-state index in [1.165, 1.54) is 283 Å². The number of hydrogen-bond acceptors (Lipinski definition) is 5. The minimum Gasteiger partial charge on any atom is -0.466 e. The normalized spacial score (nSPS) is 12.7. The Hall–Kier alpha value is -1.66. The fourth-order valence-electron chi connectivity index (χ4n) is 10.0. The zero-order valence-electron chi connectivity index (χ0n) is 48.0. The predicted molar refractivity (Wildman–Crippen MR) is 310 cm³/mol. The first-order valence-corrected chi connectivity index (χ1v) is 32.1. The molecule has 0 aliphatic rings. The minimum absolute atomic E-state index is 0.0138. The highest BCUT2D eigenvalue weighted by Crippen LogP contribution is 2.18. The lowest BCUT2D eigenvalue weighted by Gasteiger charge is -2.20. The molecule has 1 amide bonds. The summed E-state index contributed by atoms with van der Waals surface area (Å²) in [5.74, 6) is -0.0520. The van der Waals surface area contributed by atoms with Crippen LogP contribution >= 0.6 is 0 Å². The van der Waals surface area contributed by atoms with Gasteiger partial charge in [-0.2, -0.15) is 0 Å². The molecule has 0 saturated carbocycles. The molecule has 2 atom stereocenters. The van der Waals surface area contributed by atoms with Crippen molar-refractivity contribution >= 4 is 11.9 Å². The van der Waals surface area contributed by atoms with Gasteiger partial charge in [-0.1, -0.05) is 308 Å². The van der Waals surface area contributed by atoms with Gasteiger partial charge in [-0.05, 0) is 57.8 Å². The molecule has 420 valence electrons. The summed E-state index contributed by atoms with van der Waals surface area (Å²) in [7, 11) is 0. The van der Waals surface area contributed by atoms with Gasteiger partial charge in [-0.3, -0.25) is 9.59 Å². The van der Waals surface area contributed by atoms with E-state index in [0.29, 0.717) is 19.4 Å². The molecule has 0 heterocycles. The van der Waals surface area contributed by atoms with E-state index in [-0.39, 0.29) is 18.5 Å². The van der Waals surface area contributed by atoms with Crippen LogP contribution in [0.5, 0.6) is 0 Å². The second-order valence-corrected chi connectivity index (χ2v) is 22.1. The van der Waals surface area contributed by atoms with Crippen LogP contribution in [0.2, 0.25) is 0 Å². The van der Waals surface area contributed by atoms with Gasteiger partial charge in [0.25, 0.3) is 0 Å². The predicted octanol–water partition coefficient (Wildman–Crippen LogP) is 20.2. The molecule has 0 radical (unpaired) electrons. The summed E-state index contributed by atoms with van der Waals surface area (Å²) in [6.45, 7) is 4.91. The Balaban J connectivity index is 3.34. The topological polar surface area (TPSA) is 95.9 Å². The Kier molecular flexibility index (Phi) is 59.5. The van der Waals surface area contributed by atoms with Gasteiger partial charge in [0.15, 0.2) is 0 Å². The molecular weight excluding hydrogens is 875 g/mol. The standard InChI is InChI=1S/C65H125NO5/c1-3-5-7-9-11-13-15-16-17-28-32-35-39-43-47-51-55-59-65(70)71-60-56-52-48-44-40-36-33-30-27-25-23-21-19-18-20-22-24-26-29-31-34-38-42-46-50-54-58-64(69)66-62(61-67)63(68)57-53-49-45-41-37-14-12-10-8-6-4-2/h16-17,53,57,62-63,67-68H,3-15,18-52,54-56,58-61H2,1-2H3,(H,66,69)/b17-16-,57-53+. The Morgan fingerprint density at radius 2 is 0.662 bits per heavy atom. The van der Waals surface area contributed by atoms with Crippen molar-refractivity contribution in [3.05, 3.63) is 24.3 Å². The molecule has 3 N–H and O–H groups in total. The molecular formula is C65H125NO5. The fourth-order valence-corrected chi connectivity index (χ4v) is 10.0. The first-order valence-electron chi connectivity index (χ1n) is 32.1. The molecule has 0 bridgehead atoms. The van der Waals surface area contributed by atoms with Gasteiger partial charge < -0.3 is 20.3 Å². The lowest BCUT2D eigenvalue weighted by Crippen LogP contribution is -2.45. The molecule has 6 nitrogen and oxygen atoms in total. The van der Waals surface area contributed by atoms with Crippen LogP contribution in [-0.4, -0.2) is 47.4 Å². The van der Waals surface area contributed by atoms with Crippen LogP contribution in [0.15, 0.2) is 24.3 Å². The molecule has 6 heteroatoms. The zero-order valence-corrected chi connectivity index (χ0v) is 48.0. The average Bonchev–Trinajstić information content (AvgIpc) is 3.37. The van der Waals surface area contributed by atoms with E-state index in [1.807, 2.05) is 6.08 Å². The van der Waals surface area contributed by atoms with E-state index in [0.717, 1.165) is 44.9 Å². The van der Waals surface area contributed by atoms with Crippen molar-refractivity contribution in [2.45, 2.75) is 366 Å². The first-order chi connectivity index (χ1) is 35.0. The van der Waals surface area contributed by atoms with Crippen molar-refractivity contribution in [3.8, 4) is 0 Å². The fraction of sp³-hybridized carbons (Fsp3) is 0.908. The van der Waals surface area contributed by atoms with Crippen molar-refractivity contribution in [2.75, 3.05) is 13.2 Å². The molecule has 0 aliphatic carbocycles. The lowest BCUT2D eigenvalue weighted by atomic mass is 10.0. The van der Waals surface area contributed by atoms with Crippen LogP contribution in [0.3, 0.4) is 0 Å². The van der Waals surface area contributed by atoms with Gasteiger partial charge >= 0.3 is 5.97 Å². The number of esters is 1. The van der Waals surface area contributed by atoms with Crippen LogP contribution in [0.25, 0.3) is 0 Å². The minimum atomic E-state index is -0.841. The number of aliphatic hydroxyl groups is 2. The van der Waals surface area contributed by atoms with E-state index in [4.69, 9.17) is 4.74 Å². The number of aliphatic hydroxyl groups excluding tert-OH is 2. The number of carbonyl (C=O) groups is 2. The van der Waals surface area contributed by atoms with Gasteiger partial charge in [-0.25, -0.2) is 0 Å². The van der Waals surface area contributed by atoms with Crippen molar-refractivity contribution in [3.63, 3.8) is 0 Å². The summed E-state index contributed by atoms with van der Waals surface area (Å²) in [5.41, 5.74) is 0. The zero-order chi connectivity index (χ0) is 51.4. The second kappa shape index (κ2) is 60.9. The van der Waals surface area contributed by atoms with Crippen LogP contribution in [0, 0.1) is 0 Å². The third-order valence-electron chi connectivity index (χ3n) is 15.0. The van der Waals surface area contributed by atoms with Crippen molar-refractivity contribution in [1.82, 2.24) is 5.32 Å². The third-order valence-corrected chi connectivity index (χ3v) is 15.0. The van der Waals surface area contributed by atoms with Crippen LogP contribution in [0.4, 0.5) is 0 Å². The van der Waals surface area contributed by atoms with E-state index < -0.39 is 12.1 Å². The number of amides is 1. The molecule has 2 unspecified atom stereocenters. The Bertz CT molecular complexity index is 1110. The van der Waals surface area contributed by atoms with E-state index >= 15 is 0 Å². The number of hydrogen-bond donors (Lipinski definition) is 3. The number of rotatable bonds is 60. The first kappa shape index (κ1) is 69.3. The molecule has 0 rings (SSSR count). The number of carbonyl (C=O) groups excluding carboxylic acids is 2. The monoisotopic (exact) mass is 1000 g/mol. The number of unbranched alkanes of at least 4 members (excludes halogenated alkanes) is 47. The summed E-state index contributed by atoms with van der Waals surface area (Å²) in [6.07, 6.45) is 75.2. The molecule has 0 aromatic carbocycles. The summed E-state index contributed by atoms with van der Waals surface area (Å²) in [4.78, 5) is 24.5. The van der Waals surface area contributed by atoms with Gasteiger partial charge in [-0.15, -0.1) is 0 Å². The quantitative estimate of drug-likeness (QED) is 0.0320. The van der Waals surface area contributed by atoms with Gasteiger partial charge in [0, 0.05) is 12.8 Å². The molecule has 0 fully saturated rings. The van der Waals surface area contributed by atoms with E-state index in [2.05, 4.69) is 31.3 Å². The molecule has 0 aliphatic heterocycles. The van der Waals surface area contributed by atoms with Crippen molar-refractivity contribution in [2.24, 2.45) is 0 Å². The van der Waals surface area contributed by atoms with Crippen molar-refractivity contribution < 1.29 is 24.5 Å². The maximum Gasteiger partial charge on any atom is 0.305 e. The number of ether oxygens (including phenoxy) is 1. The number of nitrogens with one attached hydrogen (secondary N) is 1. The summed E-state index contributed by atoms with van der Waals surface area (Å²) >= 11 is 0. The maximum absolute atomic E-state index is 12.4. The molecule has 71 heavy (non-hydrogen) atoms. The SMILES string of the molecule is CCCCCCCC/C=C\CCCCCCCCCC(=O)OCCCCCCCCCCCCCCCCCCCCCCCCCCCCC(=O)NC(CO)C(O)/C=C/CCCCCCCCCCC. The lowest BCUT2D eigenvalue weighted by molar-refractivity contribution is -0.143. The van der Waals surface area contributed by atoms with Crippen molar-refractivity contribution in [1.29, 1.82) is 0 Å². The maximum atomic E-state index is 12.4. The van der Waals surface area contributed by atoms with E-state index in [9.17, 15) is 19.8 Å². The van der Waals surface area contributed by atoms with Crippen LogP contribution < -0.4 is 5.32 Å². The summed E-state index contributed by atoms with van der Waals surface area (Å²) in [5, 5.41) is 23.0. The molecule has 0 spiro atoms.